The van der Waals surface area contributed by atoms with Crippen molar-refractivity contribution in [1.29, 1.82) is 0 Å². The number of hydrogen-bond acceptors (Lipinski definition) is 5. The first-order valence-electron chi connectivity index (χ1n) is 10.1. The molecule has 3 saturated heterocycles. The van der Waals surface area contributed by atoms with Crippen molar-refractivity contribution < 1.29 is 26.3 Å². The van der Waals surface area contributed by atoms with Crippen molar-refractivity contribution in [1.82, 2.24) is 19.4 Å². The van der Waals surface area contributed by atoms with Crippen LogP contribution in [0.1, 0.15) is 19.3 Å². The number of rotatable bonds is 4. The number of aliphatic imine (C=N–C) groups is 1. The molecule has 0 aromatic rings. The van der Waals surface area contributed by atoms with E-state index in [1.807, 2.05) is 0 Å². The highest BCUT2D eigenvalue weighted by Gasteiger charge is 2.50. The minimum absolute atomic E-state index is 0.102. The zero-order chi connectivity index (χ0) is 21.1. The Morgan fingerprint density at radius 3 is 2.34 bits per heavy atom. The summed E-state index contributed by atoms with van der Waals surface area (Å²) < 4.78 is 67.0. The maximum atomic E-state index is 12.7. The molecular weight excluding hydrogens is 411 g/mol. The van der Waals surface area contributed by atoms with Crippen LogP contribution in [0.3, 0.4) is 0 Å². The van der Waals surface area contributed by atoms with Crippen molar-refractivity contribution in [2.75, 3.05) is 66.1 Å². The van der Waals surface area contributed by atoms with E-state index in [-0.39, 0.29) is 19.0 Å². The molecule has 0 radical (unpaired) electrons. The second kappa shape index (κ2) is 9.36. The minimum Gasteiger partial charge on any atom is -0.379 e. The molecule has 0 aromatic carbocycles. The average Bonchev–Trinajstić information content (AvgIpc) is 3.19. The van der Waals surface area contributed by atoms with Crippen molar-refractivity contribution in [2.45, 2.75) is 30.8 Å². The van der Waals surface area contributed by atoms with Gasteiger partial charge < -0.3 is 15.0 Å². The van der Waals surface area contributed by atoms with Crippen molar-refractivity contribution in [3.63, 3.8) is 0 Å². The molecule has 0 saturated carbocycles. The molecule has 1 N–H and O–H groups in total. The second-order valence-electron chi connectivity index (χ2n) is 7.76. The first kappa shape index (κ1) is 22.6. The summed E-state index contributed by atoms with van der Waals surface area (Å²) in [5, 5.41) is 3.33. The van der Waals surface area contributed by atoms with Gasteiger partial charge in [-0.25, -0.2) is 8.42 Å². The van der Waals surface area contributed by atoms with Gasteiger partial charge in [0.1, 0.15) is 0 Å². The number of sulfonamides is 1. The molecule has 0 aromatic heterocycles. The van der Waals surface area contributed by atoms with Gasteiger partial charge >= 0.3 is 15.5 Å². The molecule has 3 rings (SSSR count). The number of halogens is 3. The zero-order valence-electron chi connectivity index (χ0n) is 16.7. The van der Waals surface area contributed by atoms with Crippen molar-refractivity contribution in [2.24, 2.45) is 10.9 Å². The molecule has 1 atom stereocenters. The van der Waals surface area contributed by atoms with E-state index in [9.17, 15) is 21.6 Å². The lowest BCUT2D eigenvalue weighted by Gasteiger charge is -2.33. The molecule has 0 spiro atoms. The summed E-state index contributed by atoms with van der Waals surface area (Å²) in [5.74, 6) is 0.912. The molecule has 3 aliphatic heterocycles. The fourth-order valence-corrected chi connectivity index (χ4v) is 5.23. The highest BCUT2D eigenvalue weighted by molar-refractivity contribution is 7.90. The van der Waals surface area contributed by atoms with Crippen LogP contribution in [0.4, 0.5) is 13.2 Å². The summed E-state index contributed by atoms with van der Waals surface area (Å²) in [6.45, 7) is 5.61. The lowest BCUT2D eigenvalue weighted by atomic mass is 9.98. The molecule has 12 heteroatoms. The van der Waals surface area contributed by atoms with Gasteiger partial charge in [-0.15, -0.1) is 0 Å². The normalized spacial score (nSPS) is 26.8. The van der Waals surface area contributed by atoms with Crippen molar-refractivity contribution in [3.05, 3.63) is 0 Å². The third-order valence-corrected chi connectivity index (χ3v) is 7.62. The van der Waals surface area contributed by atoms with Crippen LogP contribution in [0.15, 0.2) is 4.99 Å². The summed E-state index contributed by atoms with van der Waals surface area (Å²) >= 11 is 0. The van der Waals surface area contributed by atoms with Crippen molar-refractivity contribution in [3.8, 4) is 0 Å². The molecular formula is C17H30F3N5O3S. The first-order chi connectivity index (χ1) is 13.7. The van der Waals surface area contributed by atoms with Gasteiger partial charge in [0.25, 0.3) is 0 Å². The summed E-state index contributed by atoms with van der Waals surface area (Å²) in [5.41, 5.74) is -5.23. The first-order valence-corrected chi connectivity index (χ1v) is 11.5. The van der Waals surface area contributed by atoms with Crippen LogP contribution < -0.4 is 5.32 Å². The van der Waals surface area contributed by atoms with Crippen LogP contribution in [0, 0.1) is 5.92 Å². The Balaban J connectivity index is 1.44. The third kappa shape index (κ3) is 5.33. The summed E-state index contributed by atoms with van der Waals surface area (Å²) in [4.78, 5) is 9.02. The maximum Gasteiger partial charge on any atom is 0.511 e. The van der Waals surface area contributed by atoms with Gasteiger partial charge in [-0.2, -0.15) is 17.5 Å². The molecule has 3 aliphatic rings. The van der Waals surface area contributed by atoms with E-state index in [4.69, 9.17) is 4.74 Å². The van der Waals surface area contributed by atoms with Crippen LogP contribution in [-0.4, -0.2) is 106 Å². The Kier molecular flexibility index (Phi) is 7.28. The van der Waals surface area contributed by atoms with E-state index in [1.54, 1.807) is 7.05 Å². The number of ether oxygens (including phenoxy) is 1. The quantitative estimate of drug-likeness (QED) is 0.507. The third-order valence-electron chi connectivity index (χ3n) is 5.99. The van der Waals surface area contributed by atoms with E-state index < -0.39 is 15.5 Å². The predicted molar refractivity (Wildman–Crippen MR) is 103 cm³/mol. The Bertz CT molecular complexity index is 674. The molecule has 0 aliphatic carbocycles. The zero-order valence-corrected chi connectivity index (χ0v) is 17.5. The molecule has 3 fully saturated rings. The number of morpholine rings is 1. The van der Waals surface area contributed by atoms with Gasteiger partial charge in [0, 0.05) is 58.9 Å². The summed E-state index contributed by atoms with van der Waals surface area (Å²) in [7, 11) is -3.50. The van der Waals surface area contributed by atoms with E-state index in [0.29, 0.717) is 29.7 Å². The van der Waals surface area contributed by atoms with E-state index in [1.165, 1.54) is 0 Å². The lowest BCUT2D eigenvalue weighted by Crippen LogP contribution is -2.48. The predicted octanol–water partition coefficient (Wildman–Crippen LogP) is 0.530. The van der Waals surface area contributed by atoms with Gasteiger partial charge in [0.2, 0.25) is 0 Å². The SMILES string of the molecule is CN=C(NCC1CCN(S(=O)(=O)C(F)(F)F)CC1)N1CCC(N2CCOCC2)C1. The fourth-order valence-electron chi connectivity index (χ4n) is 4.24. The van der Waals surface area contributed by atoms with E-state index in [2.05, 4.69) is 20.1 Å². The molecule has 29 heavy (non-hydrogen) atoms. The van der Waals surface area contributed by atoms with Gasteiger partial charge in [0.05, 0.1) is 13.2 Å². The number of guanidine groups is 1. The highest BCUT2D eigenvalue weighted by atomic mass is 32.2. The average molecular weight is 442 g/mol. The van der Waals surface area contributed by atoms with Crippen molar-refractivity contribution >= 4 is 16.0 Å². The number of piperidine rings is 1. The summed E-state index contributed by atoms with van der Waals surface area (Å²) in [6.07, 6.45) is 1.86. The molecule has 0 bridgehead atoms. The maximum absolute atomic E-state index is 12.7. The van der Waals surface area contributed by atoms with Crippen LogP contribution in [-0.2, 0) is 14.8 Å². The Morgan fingerprint density at radius 2 is 1.76 bits per heavy atom. The number of nitrogens with one attached hydrogen (secondary N) is 1. The fraction of sp³-hybridized carbons (Fsp3) is 0.941. The second-order valence-corrected chi connectivity index (χ2v) is 9.69. The molecule has 1 unspecified atom stereocenters. The van der Waals surface area contributed by atoms with E-state index >= 15 is 0 Å². The van der Waals surface area contributed by atoms with Gasteiger partial charge in [0.15, 0.2) is 5.96 Å². The van der Waals surface area contributed by atoms with Crippen LogP contribution in [0.2, 0.25) is 0 Å². The molecule has 168 valence electrons. The van der Waals surface area contributed by atoms with Crippen LogP contribution in [0.25, 0.3) is 0 Å². The molecule has 3 heterocycles. The van der Waals surface area contributed by atoms with Gasteiger partial charge in [-0.1, -0.05) is 0 Å². The molecule has 8 nitrogen and oxygen atoms in total. The smallest absolute Gasteiger partial charge is 0.379 e. The standard InChI is InChI=1S/C17H30F3N5O3S/c1-21-16(24-5-4-15(13-24)23-8-10-28-11-9-23)22-12-14-2-6-25(7-3-14)29(26,27)17(18,19)20/h14-15H,2-13H2,1H3,(H,21,22). The lowest BCUT2D eigenvalue weighted by molar-refractivity contribution is -0.0496. The Morgan fingerprint density at radius 1 is 1.10 bits per heavy atom. The van der Waals surface area contributed by atoms with Gasteiger partial charge in [-0.3, -0.25) is 9.89 Å². The number of nitrogens with zero attached hydrogens (tertiary/aromatic N) is 4. The number of alkyl halides is 3. The summed E-state index contributed by atoms with van der Waals surface area (Å²) in [6, 6.07) is 0.480. The largest absolute Gasteiger partial charge is 0.511 e. The number of likely N-dealkylation sites (tertiary alicyclic amines) is 1. The topological polar surface area (TPSA) is 77.5 Å². The highest BCUT2D eigenvalue weighted by Crippen LogP contribution is 2.30. The monoisotopic (exact) mass is 441 g/mol. The van der Waals surface area contributed by atoms with Gasteiger partial charge in [-0.05, 0) is 25.2 Å². The Labute approximate surface area is 170 Å². The van der Waals surface area contributed by atoms with Crippen LogP contribution in [0.5, 0.6) is 0 Å². The minimum atomic E-state index is -5.23. The van der Waals surface area contributed by atoms with E-state index in [0.717, 1.165) is 51.8 Å². The Hall–Kier alpha value is -1.11. The molecule has 0 amide bonds. The van der Waals surface area contributed by atoms with Crippen LogP contribution >= 0.6 is 0 Å². The number of hydrogen-bond donors (Lipinski definition) is 1.